The summed E-state index contributed by atoms with van der Waals surface area (Å²) >= 11 is 0. The van der Waals surface area contributed by atoms with Gasteiger partial charge in [-0.3, -0.25) is 0 Å². The number of nitrogens with zero attached hydrogens (tertiary/aromatic N) is 2. The first-order valence-electron chi connectivity index (χ1n) is 4.93. The van der Waals surface area contributed by atoms with Gasteiger partial charge in [0.2, 0.25) is 0 Å². The molecule has 0 atom stereocenters. The Morgan fingerprint density at radius 3 is 3.13 bits per heavy atom. The van der Waals surface area contributed by atoms with Crippen LogP contribution in [0.2, 0.25) is 0 Å². The van der Waals surface area contributed by atoms with Crippen molar-refractivity contribution in [2.75, 3.05) is 24.6 Å². The predicted molar refractivity (Wildman–Crippen MR) is 57.7 cm³/mol. The summed E-state index contributed by atoms with van der Waals surface area (Å²) < 4.78 is 5.54. The molecule has 0 aliphatic carbocycles. The lowest BCUT2D eigenvalue weighted by Crippen LogP contribution is -2.32. The van der Waals surface area contributed by atoms with Gasteiger partial charge in [-0.25, -0.2) is 0 Å². The number of nitriles is 1. The molecule has 1 aliphatic heterocycles. The summed E-state index contributed by atoms with van der Waals surface area (Å²) in [6, 6.07) is 8.03. The highest BCUT2D eigenvalue weighted by molar-refractivity contribution is 5.61. The van der Waals surface area contributed by atoms with Crippen molar-refractivity contribution in [3.63, 3.8) is 0 Å². The Morgan fingerprint density at radius 2 is 2.40 bits per heavy atom. The van der Waals surface area contributed by atoms with E-state index in [1.807, 2.05) is 23.1 Å². The van der Waals surface area contributed by atoms with Gasteiger partial charge in [-0.1, -0.05) is 6.07 Å². The van der Waals surface area contributed by atoms with E-state index < -0.39 is 0 Å². The lowest BCUT2D eigenvalue weighted by molar-refractivity contribution is 0.309. The first-order valence-corrected chi connectivity index (χ1v) is 4.93. The molecule has 0 bridgehead atoms. The summed E-state index contributed by atoms with van der Waals surface area (Å²) in [5.41, 5.74) is 7.59. The van der Waals surface area contributed by atoms with Crippen molar-refractivity contribution >= 4 is 5.69 Å². The lowest BCUT2D eigenvalue weighted by Gasteiger charge is -2.29. The number of anilines is 1. The van der Waals surface area contributed by atoms with Crippen LogP contribution in [0.25, 0.3) is 0 Å². The Kier molecular flexibility index (Phi) is 2.75. The Hall–Kier alpha value is -1.73. The van der Waals surface area contributed by atoms with Crippen LogP contribution in [0, 0.1) is 11.3 Å². The standard InChI is InChI=1S/C11H13N3O/c12-3-4-14-5-6-15-11-7-9(8-13)1-2-10(11)14/h1-2,7H,4-6,8,13H2. The van der Waals surface area contributed by atoms with E-state index in [1.165, 1.54) is 0 Å². The number of fused-ring (bicyclic) bond motifs is 1. The molecule has 1 aromatic carbocycles. The zero-order valence-electron chi connectivity index (χ0n) is 8.44. The van der Waals surface area contributed by atoms with Gasteiger partial charge in [-0.2, -0.15) is 5.26 Å². The van der Waals surface area contributed by atoms with E-state index in [-0.39, 0.29) is 0 Å². The van der Waals surface area contributed by atoms with Gasteiger partial charge in [0.15, 0.2) is 0 Å². The third-order valence-corrected chi connectivity index (χ3v) is 2.48. The third kappa shape index (κ3) is 1.88. The normalized spacial score (nSPS) is 14.0. The van der Waals surface area contributed by atoms with Crippen molar-refractivity contribution in [2.45, 2.75) is 6.54 Å². The van der Waals surface area contributed by atoms with E-state index in [0.29, 0.717) is 19.7 Å². The number of benzene rings is 1. The minimum absolute atomic E-state index is 0.401. The van der Waals surface area contributed by atoms with Crippen LogP contribution in [0.1, 0.15) is 5.56 Å². The van der Waals surface area contributed by atoms with Crippen molar-refractivity contribution in [1.82, 2.24) is 0 Å². The minimum Gasteiger partial charge on any atom is -0.490 e. The molecule has 1 heterocycles. The number of nitrogens with two attached hydrogens (primary N) is 1. The monoisotopic (exact) mass is 203 g/mol. The highest BCUT2D eigenvalue weighted by atomic mass is 16.5. The molecule has 2 rings (SSSR count). The van der Waals surface area contributed by atoms with Crippen molar-refractivity contribution in [1.29, 1.82) is 5.26 Å². The molecule has 4 nitrogen and oxygen atoms in total. The summed E-state index contributed by atoms with van der Waals surface area (Å²) in [5.74, 6) is 0.833. The predicted octanol–water partition coefficient (Wildman–Crippen LogP) is 0.868. The summed E-state index contributed by atoms with van der Waals surface area (Å²) in [4.78, 5) is 2.01. The van der Waals surface area contributed by atoms with Crippen LogP contribution in [-0.2, 0) is 6.54 Å². The average molecular weight is 203 g/mol. The van der Waals surface area contributed by atoms with Crippen LogP contribution < -0.4 is 15.4 Å². The zero-order valence-corrected chi connectivity index (χ0v) is 8.44. The fraction of sp³-hybridized carbons (Fsp3) is 0.364. The number of hydrogen-bond acceptors (Lipinski definition) is 4. The molecule has 0 amide bonds. The molecule has 0 aromatic heterocycles. The Labute approximate surface area is 88.9 Å². The van der Waals surface area contributed by atoms with Gasteiger partial charge in [0.1, 0.15) is 18.9 Å². The smallest absolute Gasteiger partial charge is 0.143 e. The lowest BCUT2D eigenvalue weighted by atomic mass is 10.1. The molecule has 0 radical (unpaired) electrons. The minimum atomic E-state index is 0.401. The van der Waals surface area contributed by atoms with E-state index in [2.05, 4.69) is 6.07 Å². The van der Waals surface area contributed by atoms with Crippen molar-refractivity contribution in [3.05, 3.63) is 23.8 Å². The molecule has 0 unspecified atom stereocenters. The topological polar surface area (TPSA) is 62.3 Å². The second kappa shape index (κ2) is 4.20. The van der Waals surface area contributed by atoms with Gasteiger partial charge in [0, 0.05) is 6.54 Å². The molecule has 0 saturated heterocycles. The molecule has 4 heteroatoms. The molecule has 1 aromatic rings. The van der Waals surface area contributed by atoms with E-state index >= 15 is 0 Å². The maximum absolute atomic E-state index is 8.69. The second-order valence-corrected chi connectivity index (χ2v) is 3.43. The number of hydrogen-bond donors (Lipinski definition) is 1. The second-order valence-electron chi connectivity index (χ2n) is 3.43. The Bertz CT molecular complexity index is 397. The summed E-state index contributed by atoms with van der Waals surface area (Å²) in [5, 5.41) is 8.69. The van der Waals surface area contributed by atoms with Crippen LogP contribution in [0.3, 0.4) is 0 Å². The van der Waals surface area contributed by atoms with Gasteiger partial charge < -0.3 is 15.4 Å². The van der Waals surface area contributed by atoms with Gasteiger partial charge >= 0.3 is 0 Å². The zero-order chi connectivity index (χ0) is 10.7. The average Bonchev–Trinajstić information content (AvgIpc) is 2.29. The fourth-order valence-electron chi connectivity index (χ4n) is 1.70. The van der Waals surface area contributed by atoms with Crippen LogP contribution in [0.15, 0.2) is 18.2 Å². The van der Waals surface area contributed by atoms with Crippen LogP contribution in [-0.4, -0.2) is 19.7 Å². The van der Waals surface area contributed by atoms with E-state index in [4.69, 9.17) is 15.7 Å². The van der Waals surface area contributed by atoms with Crippen molar-refractivity contribution in [2.24, 2.45) is 5.73 Å². The van der Waals surface area contributed by atoms with E-state index in [1.54, 1.807) is 0 Å². The van der Waals surface area contributed by atoms with Gasteiger partial charge in [0.05, 0.1) is 18.3 Å². The molecule has 0 saturated carbocycles. The summed E-state index contributed by atoms with van der Waals surface area (Å²) in [7, 11) is 0. The maximum Gasteiger partial charge on any atom is 0.143 e. The largest absolute Gasteiger partial charge is 0.490 e. The summed E-state index contributed by atoms with van der Waals surface area (Å²) in [6.07, 6.45) is 0. The highest BCUT2D eigenvalue weighted by Crippen LogP contribution is 2.31. The molecule has 15 heavy (non-hydrogen) atoms. The molecule has 78 valence electrons. The van der Waals surface area contributed by atoms with Crippen LogP contribution in [0.4, 0.5) is 5.69 Å². The number of ether oxygens (including phenoxy) is 1. The summed E-state index contributed by atoms with van der Waals surface area (Å²) in [6.45, 7) is 2.30. The van der Waals surface area contributed by atoms with E-state index in [0.717, 1.165) is 23.5 Å². The first-order chi connectivity index (χ1) is 7.35. The van der Waals surface area contributed by atoms with Gasteiger partial charge in [-0.15, -0.1) is 0 Å². The SMILES string of the molecule is N#CCN1CCOc2cc(CN)ccc21. The molecule has 2 N–H and O–H groups in total. The molecular weight excluding hydrogens is 190 g/mol. The third-order valence-electron chi connectivity index (χ3n) is 2.48. The van der Waals surface area contributed by atoms with Gasteiger partial charge in [-0.05, 0) is 17.7 Å². The van der Waals surface area contributed by atoms with Crippen LogP contribution >= 0.6 is 0 Å². The first kappa shape index (κ1) is 9.81. The molecule has 0 fully saturated rings. The van der Waals surface area contributed by atoms with E-state index in [9.17, 15) is 0 Å². The highest BCUT2D eigenvalue weighted by Gasteiger charge is 2.17. The molecular formula is C11H13N3O. The molecule has 0 spiro atoms. The number of rotatable bonds is 2. The maximum atomic E-state index is 8.69. The molecule has 1 aliphatic rings. The fourth-order valence-corrected chi connectivity index (χ4v) is 1.70. The quantitative estimate of drug-likeness (QED) is 0.724. The van der Waals surface area contributed by atoms with Crippen molar-refractivity contribution in [3.8, 4) is 11.8 Å². The van der Waals surface area contributed by atoms with Crippen LogP contribution in [0.5, 0.6) is 5.75 Å². The Balaban J connectivity index is 2.33. The van der Waals surface area contributed by atoms with Crippen molar-refractivity contribution < 1.29 is 4.74 Å². The van der Waals surface area contributed by atoms with Gasteiger partial charge in [0.25, 0.3) is 0 Å². The Morgan fingerprint density at radius 1 is 1.53 bits per heavy atom.